The minimum atomic E-state index is -1.09. The van der Waals surface area contributed by atoms with Crippen LogP contribution in [0.3, 0.4) is 0 Å². The Kier molecular flexibility index (Phi) is 3.63. The van der Waals surface area contributed by atoms with Crippen LogP contribution >= 0.6 is 0 Å². The van der Waals surface area contributed by atoms with E-state index in [2.05, 4.69) is 4.84 Å². The van der Waals surface area contributed by atoms with Gasteiger partial charge < -0.3 is 9.94 Å². The molecule has 0 saturated carbocycles. The molecule has 14 heavy (non-hydrogen) atoms. The zero-order valence-electron chi connectivity index (χ0n) is 7.27. The molecule has 2 N–H and O–H groups in total. The van der Waals surface area contributed by atoms with Gasteiger partial charge in [0.25, 0.3) is 0 Å². The number of carboxylic acid groups (broad SMARTS) is 1. The minimum Gasteiger partial charge on any atom is -0.480 e. The van der Waals surface area contributed by atoms with Gasteiger partial charge in [0.2, 0.25) is 0 Å². The highest BCUT2D eigenvalue weighted by Gasteiger charge is 2.06. The fourth-order valence-corrected chi connectivity index (χ4v) is 0.797. The van der Waals surface area contributed by atoms with E-state index >= 15 is 0 Å². The summed E-state index contributed by atoms with van der Waals surface area (Å²) in [5.41, 5.74) is 2.40. The Bertz CT molecular complexity index is 323. The van der Waals surface area contributed by atoms with Gasteiger partial charge in [0, 0.05) is 0 Å². The molecule has 0 radical (unpaired) electrons. The van der Waals surface area contributed by atoms with Crippen molar-refractivity contribution in [3.05, 3.63) is 35.9 Å². The molecule has 0 atom stereocenters. The van der Waals surface area contributed by atoms with Gasteiger partial charge in [-0.1, -0.05) is 18.2 Å². The van der Waals surface area contributed by atoms with Gasteiger partial charge in [0.05, 0.1) is 5.56 Å². The first kappa shape index (κ1) is 10.2. The van der Waals surface area contributed by atoms with Crippen LogP contribution < -0.4 is 5.48 Å². The number of rotatable bonds is 4. The van der Waals surface area contributed by atoms with Gasteiger partial charge in [-0.05, 0) is 12.1 Å². The van der Waals surface area contributed by atoms with Crippen LogP contribution in [0.1, 0.15) is 10.4 Å². The summed E-state index contributed by atoms with van der Waals surface area (Å²) in [6.07, 6.45) is 0. The van der Waals surface area contributed by atoms with Crippen molar-refractivity contribution >= 4 is 11.9 Å². The van der Waals surface area contributed by atoms with E-state index < -0.39 is 18.5 Å². The number of hydrogen-bond acceptors (Lipinski definition) is 4. The summed E-state index contributed by atoms with van der Waals surface area (Å²) >= 11 is 0. The Morgan fingerprint density at radius 2 is 1.93 bits per heavy atom. The van der Waals surface area contributed by atoms with Crippen molar-refractivity contribution in [3.8, 4) is 0 Å². The number of benzene rings is 1. The van der Waals surface area contributed by atoms with Crippen LogP contribution in [0.2, 0.25) is 0 Å². The molecule has 0 aliphatic carbocycles. The van der Waals surface area contributed by atoms with Crippen LogP contribution in [0.15, 0.2) is 30.3 Å². The second-order valence-corrected chi connectivity index (χ2v) is 2.47. The van der Waals surface area contributed by atoms with Crippen LogP contribution in [0.4, 0.5) is 0 Å². The zero-order valence-corrected chi connectivity index (χ0v) is 7.27. The summed E-state index contributed by atoms with van der Waals surface area (Å²) in [6, 6.07) is 8.29. The first-order valence-corrected chi connectivity index (χ1v) is 3.91. The number of carbonyl (C=O) groups excluding carboxylic acids is 1. The second kappa shape index (κ2) is 4.98. The number of carboxylic acids is 1. The van der Waals surface area contributed by atoms with E-state index in [0.717, 1.165) is 0 Å². The lowest BCUT2D eigenvalue weighted by Gasteiger charge is -2.02. The lowest BCUT2D eigenvalue weighted by Crippen LogP contribution is -2.26. The van der Waals surface area contributed by atoms with Gasteiger partial charge >= 0.3 is 11.9 Å². The van der Waals surface area contributed by atoms with Crippen LogP contribution in [-0.4, -0.2) is 23.6 Å². The Morgan fingerprint density at radius 3 is 2.50 bits per heavy atom. The molecule has 0 bridgehead atoms. The molecule has 0 unspecified atom stereocenters. The Hall–Kier alpha value is -1.88. The molecule has 0 fully saturated rings. The molecule has 0 amide bonds. The highest BCUT2D eigenvalue weighted by Crippen LogP contribution is 1.99. The van der Waals surface area contributed by atoms with Gasteiger partial charge in [0.15, 0.2) is 0 Å². The molecule has 0 heterocycles. The SMILES string of the molecule is O=C(O)CNOC(=O)c1ccccc1. The third kappa shape index (κ3) is 3.24. The molecule has 0 aliphatic heterocycles. The number of aliphatic carboxylic acids is 1. The summed E-state index contributed by atoms with van der Waals surface area (Å²) in [5.74, 6) is -1.70. The Labute approximate surface area is 80.3 Å². The Balaban J connectivity index is 2.40. The minimum absolute atomic E-state index is 0.366. The van der Waals surface area contributed by atoms with E-state index in [4.69, 9.17) is 5.11 Å². The fourth-order valence-electron chi connectivity index (χ4n) is 0.797. The van der Waals surface area contributed by atoms with Crippen LogP contribution in [0.25, 0.3) is 0 Å². The maximum Gasteiger partial charge on any atom is 0.356 e. The largest absolute Gasteiger partial charge is 0.480 e. The normalized spacial score (nSPS) is 9.43. The van der Waals surface area contributed by atoms with Crippen molar-refractivity contribution in [1.82, 2.24) is 5.48 Å². The third-order valence-corrected chi connectivity index (χ3v) is 1.40. The molecule has 5 heteroatoms. The van der Waals surface area contributed by atoms with Crippen molar-refractivity contribution in [2.24, 2.45) is 0 Å². The van der Waals surface area contributed by atoms with E-state index in [9.17, 15) is 9.59 Å². The molecular weight excluding hydrogens is 186 g/mol. The second-order valence-electron chi connectivity index (χ2n) is 2.47. The summed E-state index contributed by atoms with van der Waals surface area (Å²) in [5, 5.41) is 8.24. The summed E-state index contributed by atoms with van der Waals surface area (Å²) in [4.78, 5) is 25.7. The highest BCUT2D eigenvalue weighted by molar-refractivity contribution is 5.89. The number of hydroxylamine groups is 1. The van der Waals surface area contributed by atoms with E-state index in [1.165, 1.54) is 0 Å². The quantitative estimate of drug-likeness (QED) is 0.681. The lowest BCUT2D eigenvalue weighted by atomic mass is 10.2. The highest BCUT2D eigenvalue weighted by atomic mass is 16.7. The number of carbonyl (C=O) groups is 2. The topological polar surface area (TPSA) is 75.6 Å². The first-order valence-electron chi connectivity index (χ1n) is 3.91. The van der Waals surface area contributed by atoms with Gasteiger partial charge in [-0.2, -0.15) is 0 Å². The predicted molar refractivity (Wildman–Crippen MR) is 47.5 cm³/mol. The van der Waals surface area contributed by atoms with Crippen molar-refractivity contribution in [3.63, 3.8) is 0 Å². The van der Waals surface area contributed by atoms with E-state index in [1.807, 2.05) is 5.48 Å². The van der Waals surface area contributed by atoms with Gasteiger partial charge in [-0.25, -0.2) is 4.79 Å². The Morgan fingerprint density at radius 1 is 1.29 bits per heavy atom. The molecule has 74 valence electrons. The molecular formula is C9H9NO4. The van der Waals surface area contributed by atoms with E-state index in [0.29, 0.717) is 5.56 Å². The number of hydrogen-bond donors (Lipinski definition) is 2. The van der Waals surface area contributed by atoms with E-state index in [1.54, 1.807) is 30.3 Å². The summed E-state index contributed by atoms with van der Waals surface area (Å²) in [7, 11) is 0. The van der Waals surface area contributed by atoms with E-state index in [-0.39, 0.29) is 0 Å². The molecule has 1 aromatic carbocycles. The van der Waals surface area contributed by atoms with Crippen LogP contribution in [0, 0.1) is 0 Å². The van der Waals surface area contributed by atoms with Gasteiger partial charge in [0.1, 0.15) is 6.54 Å². The van der Waals surface area contributed by atoms with Crippen molar-refractivity contribution < 1.29 is 19.5 Å². The molecule has 1 aromatic rings. The lowest BCUT2D eigenvalue weighted by molar-refractivity contribution is -0.137. The average Bonchev–Trinajstić information content (AvgIpc) is 2.18. The monoisotopic (exact) mass is 195 g/mol. The first-order chi connectivity index (χ1) is 6.70. The van der Waals surface area contributed by atoms with Crippen LogP contribution in [-0.2, 0) is 9.63 Å². The van der Waals surface area contributed by atoms with Crippen LogP contribution in [0.5, 0.6) is 0 Å². The van der Waals surface area contributed by atoms with Gasteiger partial charge in [-0.3, -0.25) is 4.79 Å². The third-order valence-electron chi connectivity index (χ3n) is 1.40. The van der Waals surface area contributed by atoms with Crippen molar-refractivity contribution in [2.75, 3.05) is 6.54 Å². The molecule has 0 spiro atoms. The van der Waals surface area contributed by atoms with Gasteiger partial charge in [-0.15, -0.1) is 5.48 Å². The standard InChI is InChI=1S/C9H9NO4/c11-8(12)6-10-14-9(13)7-4-2-1-3-5-7/h1-5,10H,6H2,(H,11,12). The number of nitrogens with one attached hydrogen (secondary N) is 1. The molecule has 1 rings (SSSR count). The smallest absolute Gasteiger partial charge is 0.356 e. The molecule has 0 saturated heterocycles. The average molecular weight is 195 g/mol. The predicted octanol–water partition coefficient (Wildman–Crippen LogP) is 0.433. The van der Waals surface area contributed by atoms with Crippen molar-refractivity contribution in [2.45, 2.75) is 0 Å². The van der Waals surface area contributed by atoms with Crippen molar-refractivity contribution in [1.29, 1.82) is 0 Å². The molecule has 0 aromatic heterocycles. The molecule has 5 nitrogen and oxygen atoms in total. The maximum absolute atomic E-state index is 11.1. The fraction of sp³-hybridized carbons (Fsp3) is 0.111. The summed E-state index contributed by atoms with van der Waals surface area (Å²) < 4.78 is 0. The maximum atomic E-state index is 11.1. The zero-order chi connectivity index (χ0) is 10.4. The molecule has 0 aliphatic rings. The summed E-state index contributed by atoms with van der Waals surface area (Å²) in [6.45, 7) is -0.418.